The minimum absolute atomic E-state index is 0. The second-order valence-electron chi connectivity index (χ2n) is 15.9. The average molecular weight is 1150 g/mol. The molecule has 3 aromatic carbocycles. The Labute approximate surface area is 450 Å². The molecule has 0 spiro atoms. The van der Waals surface area contributed by atoms with Gasteiger partial charge in [-0.05, 0) is 125 Å². The van der Waals surface area contributed by atoms with E-state index in [0.717, 1.165) is 90.4 Å². The van der Waals surface area contributed by atoms with Crippen molar-refractivity contribution < 1.29 is 86.6 Å². The lowest BCUT2D eigenvalue weighted by molar-refractivity contribution is -0.611. The lowest BCUT2D eigenvalue weighted by atomic mass is 10.00. The molecule has 29 heteroatoms. The summed E-state index contributed by atoms with van der Waals surface area (Å²) in [5.74, 6) is -0.713. The molecule has 5 aromatic rings. The number of halogens is 9. The maximum absolute atomic E-state index is 12.6. The smallest absolute Gasteiger partial charge is 0.410 e. The number of benzene rings is 3. The van der Waals surface area contributed by atoms with Crippen LogP contribution in [0.2, 0.25) is 10.0 Å². The number of amides is 3. The molecule has 7 rings (SSSR count). The second kappa shape index (κ2) is 31.6. The zero-order valence-corrected chi connectivity index (χ0v) is 42.2. The van der Waals surface area contributed by atoms with Gasteiger partial charge in [0, 0.05) is 67.4 Å². The first kappa shape index (κ1) is 64.8. The van der Waals surface area contributed by atoms with Gasteiger partial charge in [0.25, 0.3) is 5.69 Å². The summed E-state index contributed by atoms with van der Waals surface area (Å²) in [6, 6.07) is 15.8. The third kappa shape index (κ3) is 20.4. The lowest BCUT2D eigenvalue weighted by Crippen LogP contribution is -2.38. The third-order valence-corrected chi connectivity index (χ3v) is 11.5. The summed E-state index contributed by atoms with van der Waals surface area (Å²) in [4.78, 5) is 44.1. The number of hydrogen-bond acceptors (Lipinski definition) is 16. The Kier molecular flexibility index (Phi) is 26.6. The third-order valence-electron chi connectivity index (χ3n) is 10.9. The van der Waals surface area contributed by atoms with Crippen LogP contribution >= 0.6 is 35.6 Å². The molecule has 2 aliphatic rings. The Hall–Kier alpha value is -6.53. The van der Waals surface area contributed by atoms with Gasteiger partial charge in [0.05, 0.1) is 63.9 Å². The summed E-state index contributed by atoms with van der Waals surface area (Å²) < 4.78 is 80.0. The van der Waals surface area contributed by atoms with Crippen LogP contribution in [0.1, 0.15) is 58.3 Å². The summed E-state index contributed by atoms with van der Waals surface area (Å²) in [6.07, 6.45) is -1.26. The Morgan fingerprint density at radius 2 is 1.17 bits per heavy atom. The van der Waals surface area contributed by atoms with Crippen molar-refractivity contribution >= 4 is 75.9 Å². The maximum Gasteiger partial charge on any atom is 0.417 e. The number of urea groups is 1. The Bertz CT molecular complexity index is 2740. The van der Waals surface area contributed by atoms with E-state index >= 15 is 0 Å². The second-order valence-corrected chi connectivity index (χ2v) is 16.7. The number of anilines is 2. The number of alkyl halides is 6. The van der Waals surface area contributed by atoms with Gasteiger partial charge in [-0.3, -0.25) is 25.4 Å². The molecule has 0 fully saturated rings. The van der Waals surface area contributed by atoms with Crippen LogP contribution in [0, 0.1) is 10.1 Å². The van der Waals surface area contributed by atoms with Crippen molar-refractivity contribution in [2.24, 2.45) is 0 Å². The highest BCUT2D eigenvalue weighted by molar-refractivity contribution is 6.32. The molecule has 0 saturated carbocycles. The number of ether oxygens (including phenoxy) is 1. The number of nitrogens with one attached hydrogen (secondary N) is 3. The molecule has 4 heterocycles. The minimum Gasteiger partial charge on any atom is -0.410 e. The van der Waals surface area contributed by atoms with E-state index in [4.69, 9.17) is 48.7 Å². The van der Waals surface area contributed by atoms with E-state index in [1.807, 2.05) is 6.08 Å². The van der Waals surface area contributed by atoms with Gasteiger partial charge in [-0.25, -0.2) is 20.1 Å². The molecule has 0 unspecified atom stereocenters. The number of hydrogen-bond donors (Lipinski definition) is 9. The predicted molar refractivity (Wildman–Crippen MR) is 271 cm³/mol. The number of carbonyl (C=O) groups excluding carboxylic acids is 2. The van der Waals surface area contributed by atoms with E-state index in [0.29, 0.717) is 34.3 Å². The first-order valence-corrected chi connectivity index (χ1v) is 23.0. The molecular weight excluding hydrogens is 1100 g/mol. The Balaban J connectivity index is 0.000000301. The summed E-state index contributed by atoms with van der Waals surface area (Å²) in [7, 11) is 0. The molecule has 0 saturated heterocycles. The van der Waals surface area contributed by atoms with Crippen LogP contribution in [-0.2, 0) is 22.4 Å². The Morgan fingerprint density at radius 3 is 1.53 bits per heavy atom. The van der Waals surface area contributed by atoms with Crippen molar-refractivity contribution in [3.05, 3.63) is 163 Å². The highest BCUT2D eigenvalue weighted by atomic mass is 35.5. The Morgan fingerprint density at radius 1 is 0.714 bits per heavy atom. The number of aromatic nitrogens is 2. The fourth-order valence-electron chi connectivity index (χ4n) is 6.84. The zero-order valence-electron chi connectivity index (χ0n) is 39.9. The molecule has 0 bridgehead atoms. The van der Waals surface area contributed by atoms with E-state index in [-0.39, 0.29) is 74.1 Å². The molecule has 0 aliphatic carbocycles. The fraction of sp³-hybridized carbons (Fsp3) is 0.292. The summed E-state index contributed by atoms with van der Waals surface area (Å²) in [6.45, 7) is 1.78. The fourth-order valence-corrected chi connectivity index (χ4v) is 7.43. The summed E-state index contributed by atoms with van der Waals surface area (Å²) in [5.41, 5.74) is 3.38. The molecule has 0 atom stereocenters. The van der Waals surface area contributed by atoms with Crippen LogP contribution in [0.4, 0.5) is 53.0 Å². The monoisotopic (exact) mass is 1150 g/mol. The predicted octanol–water partition coefficient (Wildman–Crippen LogP) is 9.85. The molecule has 3 amide bonds. The first-order chi connectivity index (χ1) is 36.1. The highest BCUT2D eigenvalue weighted by Gasteiger charge is 2.31. The van der Waals surface area contributed by atoms with Crippen molar-refractivity contribution in [3.8, 4) is 5.75 Å². The molecule has 418 valence electrons. The quantitative estimate of drug-likeness (QED) is 0.0229. The molecule has 2 aliphatic heterocycles. The van der Waals surface area contributed by atoms with Gasteiger partial charge in [-0.2, -0.15) is 26.3 Å². The van der Waals surface area contributed by atoms with Gasteiger partial charge in [0.15, 0.2) is 0 Å². The van der Waals surface area contributed by atoms with E-state index in [2.05, 4.69) is 42.1 Å². The summed E-state index contributed by atoms with van der Waals surface area (Å²) >= 11 is 12.6. The molecule has 2 aromatic heterocycles. The summed E-state index contributed by atoms with van der Waals surface area (Å²) in [5, 5.41) is 75.4. The van der Waals surface area contributed by atoms with Crippen molar-refractivity contribution in [2.75, 3.05) is 63.2 Å². The standard InChI is InChI=1S/C21H21ClF3N3O3.C14H9F3N2O4.C13H17ClN2O2.ClH.H2O4/c22-18-9-14(15(11-29)12-30)10-26-19(18)13-5-7-28(8-6-13)20(31)27-17-3-1-16(2-4-17)21(23,24)25;15-14(16,17)9-1-3-10(4-2-9)18-13(20)23-12-7-5-11(6-8-12)19(21)22;14-12-5-10(11(7-17)8-18)6-16-13(12)9-1-3-15-4-2-9;;1-3-4-2/h1-5,9-10,15,29-30H,6-8,11-12H2,(H,27,31);1-8H,(H,18,20);1,5-6,11,15,17-18H,2-4,7-8H2;1H;1-2H. The highest BCUT2D eigenvalue weighted by Crippen LogP contribution is 2.33. The maximum atomic E-state index is 12.6. The number of nitro groups is 1. The minimum atomic E-state index is -4.46. The molecule has 0 radical (unpaired) electrons. The van der Waals surface area contributed by atoms with Gasteiger partial charge in [0.1, 0.15) is 5.75 Å². The van der Waals surface area contributed by atoms with Crippen LogP contribution in [0.3, 0.4) is 0 Å². The van der Waals surface area contributed by atoms with Gasteiger partial charge in [0.2, 0.25) is 0 Å². The number of nitrogens with zero attached hydrogens (tertiary/aromatic N) is 4. The number of non-ortho nitro benzene ring substituents is 1. The molecule has 20 nitrogen and oxygen atoms in total. The van der Waals surface area contributed by atoms with E-state index in [1.54, 1.807) is 24.5 Å². The van der Waals surface area contributed by atoms with Crippen molar-refractivity contribution in [1.29, 1.82) is 0 Å². The van der Waals surface area contributed by atoms with E-state index < -0.39 is 46.4 Å². The van der Waals surface area contributed by atoms with Gasteiger partial charge >= 0.3 is 24.5 Å². The average Bonchev–Trinajstić information content (AvgIpc) is 3.40. The van der Waals surface area contributed by atoms with Crippen molar-refractivity contribution in [3.63, 3.8) is 0 Å². The topological polar surface area (TPSA) is 291 Å². The van der Waals surface area contributed by atoms with Crippen LogP contribution in [-0.4, -0.2) is 115 Å². The first-order valence-electron chi connectivity index (χ1n) is 22.2. The lowest BCUT2D eigenvalue weighted by Gasteiger charge is -2.27. The van der Waals surface area contributed by atoms with Crippen molar-refractivity contribution in [2.45, 2.75) is 37.0 Å². The number of pyridine rings is 2. The van der Waals surface area contributed by atoms with Crippen LogP contribution in [0.5, 0.6) is 5.75 Å². The molecule has 9 N–H and O–H groups in total. The van der Waals surface area contributed by atoms with Crippen molar-refractivity contribution in [1.82, 2.24) is 20.2 Å². The van der Waals surface area contributed by atoms with Crippen LogP contribution in [0.25, 0.3) is 11.1 Å². The number of aliphatic hydroxyl groups is 4. The zero-order chi connectivity index (χ0) is 56.0. The number of carbonyl (C=O) groups is 2. The van der Waals surface area contributed by atoms with Gasteiger partial charge < -0.3 is 40.7 Å². The largest absolute Gasteiger partial charge is 0.417 e. The van der Waals surface area contributed by atoms with Gasteiger partial charge in [-0.15, -0.1) is 12.4 Å². The SMILES string of the molecule is Cl.O=C(Nc1ccc(C(F)(F)F)cc1)N1CC=C(c2ncc(C(CO)CO)cc2Cl)CC1.O=C(Nc1ccc(C(F)(F)F)cc1)Oc1ccc([N+](=O)[O-])cc1.OCC(CO)c1cnc(C2=CCNCC2)c(Cl)c1.OOOO. The van der Waals surface area contributed by atoms with Crippen LogP contribution in [0.15, 0.2) is 109 Å². The van der Waals surface area contributed by atoms with Gasteiger partial charge in [-0.1, -0.05) is 35.4 Å². The number of nitro benzene ring substituents is 1. The van der Waals surface area contributed by atoms with Crippen LogP contribution < -0.4 is 20.7 Å². The number of aliphatic hydroxyl groups excluding tert-OH is 4. The molecule has 77 heavy (non-hydrogen) atoms. The normalized spacial score (nSPS) is 13.2. The van der Waals surface area contributed by atoms with E-state index in [1.165, 1.54) is 29.2 Å². The number of rotatable bonds is 13. The van der Waals surface area contributed by atoms with E-state index in [9.17, 15) is 56.3 Å². The molecular formula is C48H50Cl3F6N7O13.